The first-order valence-corrected chi connectivity index (χ1v) is 5.98. The molecule has 16 heavy (non-hydrogen) atoms. The molecule has 0 aliphatic carbocycles. The van der Waals surface area contributed by atoms with Gasteiger partial charge in [0.05, 0.1) is 13.7 Å². The first kappa shape index (κ1) is 15.4. The molecule has 3 atom stereocenters. The highest BCUT2D eigenvalue weighted by Crippen LogP contribution is 2.10. The minimum atomic E-state index is -0.245. The van der Waals surface area contributed by atoms with Crippen LogP contribution in [0.4, 0.5) is 0 Å². The highest BCUT2D eigenvalue weighted by molar-refractivity contribution is 5.76. The molecule has 0 saturated carbocycles. The summed E-state index contributed by atoms with van der Waals surface area (Å²) in [6, 6.07) is -0.0940. The summed E-state index contributed by atoms with van der Waals surface area (Å²) in [6.07, 6.45) is 0.939. The second kappa shape index (κ2) is 8.53. The molecule has 3 unspecified atom stereocenters. The monoisotopic (exact) mass is 231 g/mol. The molecule has 0 fully saturated rings. The Kier molecular flexibility index (Phi) is 8.21. The van der Waals surface area contributed by atoms with Crippen LogP contribution in [-0.4, -0.2) is 38.4 Å². The van der Waals surface area contributed by atoms with Crippen molar-refractivity contribution in [3.05, 3.63) is 0 Å². The molecule has 0 aromatic rings. The van der Waals surface area contributed by atoms with Crippen LogP contribution in [0.15, 0.2) is 0 Å². The summed E-state index contributed by atoms with van der Waals surface area (Å²) in [7, 11) is 1.42. The molecule has 0 aromatic carbocycles. The summed E-state index contributed by atoms with van der Waals surface area (Å²) in [5.74, 6) is 0.0641. The van der Waals surface area contributed by atoms with E-state index in [0.717, 1.165) is 6.42 Å². The van der Waals surface area contributed by atoms with E-state index in [1.807, 2.05) is 20.8 Å². The summed E-state index contributed by atoms with van der Waals surface area (Å²) in [6.45, 7) is 9.38. The number of methoxy groups -OCH3 is 1. The summed E-state index contributed by atoms with van der Waals surface area (Å²) in [4.78, 5) is 11.6. The Hall–Kier alpha value is -0.610. The van der Waals surface area contributed by atoms with E-state index in [1.54, 1.807) is 0 Å². The predicted molar refractivity (Wildman–Crippen MR) is 64.3 cm³/mol. The summed E-state index contributed by atoms with van der Waals surface area (Å²) < 4.78 is 10.1. The lowest BCUT2D eigenvalue weighted by Gasteiger charge is -2.25. The fourth-order valence-electron chi connectivity index (χ4n) is 1.48. The zero-order valence-electron chi connectivity index (χ0n) is 11.1. The molecule has 0 aliphatic rings. The number of hydrogen-bond donors (Lipinski definition) is 1. The first-order valence-electron chi connectivity index (χ1n) is 5.98. The lowest BCUT2D eigenvalue weighted by atomic mass is 9.98. The number of rotatable bonds is 8. The van der Waals surface area contributed by atoms with Crippen molar-refractivity contribution in [2.45, 2.75) is 46.2 Å². The molecular formula is C12H25NO3. The van der Waals surface area contributed by atoms with E-state index in [9.17, 15) is 4.79 Å². The van der Waals surface area contributed by atoms with Gasteiger partial charge in [0.1, 0.15) is 6.04 Å². The maximum absolute atomic E-state index is 11.6. The van der Waals surface area contributed by atoms with Crippen LogP contribution in [0, 0.1) is 5.92 Å². The molecule has 4 nitrogen and oxygen atoms in total. The molecule has 0 saturated heterocycles. The molecule has 0 aromatic heterocycles. The Balaban J connectivity index is 4.25. The molecule has 0 radical (unpaired) electrons. The van der Waals surface area contributed by atoms with Crippen molar-refractivity contribution < 1.29 is 14.3 Å². The van der Waals surface area contributed by atoms with Gasteiger partial charge in [-0.05, 0) is 19.8 Å². The minimum Gasteiger partial charge on any atom is -0.468 e. The van der Waals surface area contributed by atoms with E-state index in [4.69, 9.17) is 9.47 Å². The fraction of sp³-hybridized carbons (Fsp3) is 0.917. The van der Waals surface area contributed by atoms with Crippen LogP contribution in [0.3, 0.4) is 0 Å². The summed E-state index contributed by atoms with van der Waals surface area (Å²) in [5, 5.41) is 3.25. The van der Waals surface area contributed by atoms with Gasteiger partial charge in [-0.15, -0.1) is 0 Å². The lowest BCUT2D eigenvalue weighted by molar-refractivity contribution is -0.144. The van der Waals surface area contributed by atoms with Gasteiger partial charge < -0.3 is 9.47 Å². The van der Waals surface area contributed by atoms with Crippen molar-refractivity contribution in [1.29, 1.82) is 0 Å². The molecule has 4 heteroatoms. The largest absolute Gasteiger partial charge is 0.468 e. The Labute approximate surface area is 98.7 Å². The minimum absolute atomic E-state index is 0.151. The Morgan fingerprint density at radius 3 is 2.38 bits per heavy atom. The number of hydrogen-bond acceptors (Lipinski definition) is 4. The van der Waals surface area contributed by atoms with Crippen molar-refractivity contribution in [2.24, 2.45) is 5.92 Å². The van der Waals surface area contributed by atoms with Crippen molar-refractivity contribution in [3.8, 4) is 0 Å². The predicted octanol–water partition coefficient (Wildman–Crippen LogP) is 1.59. The van der Waals surface area contributed by atoms with Crippen molar-refractivity contribution in [3.63, 3.8) is 0 Å². The van der Waals surface area contributed by atoms with E-state index in [1.165, 1.54) is 7.11 Å². The van der Waals surface area contributed by atoms with Gasteiger partial charge in [-0.25, -0.2) is 0 Å². The fourth-order valence-corrected chi connectivity index (χ4v) is 1.48. The molecule has 1 N–H and O–H groups in total. The van der Waals surface area contributed by atoms with Gasteiger partial charge in [0.15, 0.2) is 0 Å². The van der Waals surface area contributed by atoms with Gasteiger partial charge in [0.2, 0.25) is 0 Å². The molecule has 0 amide bonds. The Morgan fingerprint density at radius 1 is 1.31 bits per heavy atom. The van der Waals surface area contributed by atoms with Crippen LogP contribution >= 0.6 is 0 Å². The van der Waals surface area contributed by atoms with Crippen molar-refractivity contribution in [1.82, 2.24) is 5.32 Å². The molecule has 0 bridgehead atoms. The summed E-state index contributed by atoms with van der Waals surface area (Å²) >= 11 is 0. The maximum Gasteiger partial charge on any atom is 0.323 e. The van der Waals surface area contributed by atoms with Gasteiger partial charge in [0.25, 0.3) is 0 Å². The molecule has 0 heterocycles. The zero-order valence-corrected chi connectivity index (χ0v) is 11.1. The number of nitrogens with one attached hydrogen (secondary N) is 1. The molecule has 0 rings (SSSR count). The number of ether oxygens (including phenoxy) is 2. The average molecular weight is 231 g/mol. The molecule has 0 aliphatic heterocycles. The number of esters is 1. The average Bonchev–Trinajstić information content (AvgIpc) is 2.31. The highest BCUT2D eigenvalue weighted by atomic mass is 16.5. The van der Waals surface area contributed by atoms with Crippen LogP contribution < -0.4 is 5.32 Å². The number of carbonyl (C=O) groups is 1. The zero-order chi connectivity index (χ0) is 12.6. The standard InChI is InChI=1S/C12H25NO3/c1-6-9(3)11(12(14)15-5)13-10(4)8-16-7-2/h9-11,13H,6-8H2,1-5H3. The van der Waals surface area contributed by atoms with E-state index in [-0.39, 0.29) is 24.0 Å². The van der Waals surface area contributed by atoms with Crippen LogP contribution in [0.1, 0.15) is 34.1 Å². The Bertz CT molecular complexity index is 197. The molecule has 0 spiro atoms. The van der Waals surface area contributed by atoms with Gasteiger partial charge in [-0.1, -0.05) is 20.3 Å². The van der Waals surface area contributed by atoms with Crippen LogP contribution in [0.25, 0.3) is 0 Å². The number of carbonyl (C=O) groups excluding carboxylic acids is 1. The lowest BCUT2D eigenvalue weighted by Crippen LogP contribution is -2.48. The van der Waals surface area contributed by atoms with Crippen molar-refractivity contribution >= 4 is 5.97 Å². The SMILES string of the molecule is CCOCC(C)NC(C(=O)OC)C(C)CC. The topological polar surface area (TPSA) is 47.6 Å². The highest BCUT2D eigenvalue weighted by Gasteiger charge is 2.25. The quantitative estimate of drug-likeness (QED) is 0.644. The molecular weight excluding hydrogens is 206 g/mol. The third-order valence-electron chi connectivity index (χ3n) is 2.70. The van der Waals surface area contributed by atoms with Crippen LogP contribution in [0.5, 0.6) is 0 Å². The van der Waals surface area contributed by atoms with E-state index in [2.05, 4.69) is 12.2 Å². The van der Waals surface area contributed by atoms with Gasteiger partial charge in [0, 0.05) is 12.6 Å². The first-order chi connectivity index (χ1) is 7.56. The normalized spacial score (nSPS) is 16.6. The van der Waals surface area contributed by atoms with Crippen molar-refractivity contribution in [2.75, 3.05) is 20.3 Å². The van der Waals surface area contributed by atoms with Gasteiger partial charge in [-0.2, -0.15) is 0 Å². The second-order valence-electron chi connectivity index (χ2n) is 4.11. The van der Waals surface area contributed by atoms with E-state index in [0.29, 0.717) is 13.2 Å². The third kappa shape index (κ3) is 5.47. The second-order valence-corrected chi connectivity index (χ2v) is 4.11. The Morgan fingerprint density at radius 2 is 1.94 bits per heavy atom. The third-order valence-corrected chi connectivity index (χ3v) is 2.70. The maximum atomic E-state index is 11.6. The van der Waals surface area contributed by atoms with Crippen LogP contribution in [-0.2, 0) is 14.3 Å². The van der Waals surface area contributed by atoms with E-state index >= 15 is 0 Å². The smallest absolute Gasteiger partial charge is 0.323 e. The summed E-state index contributed by atoms with van der Waals surface area (Å²) in [5.41, 5.74) is 0. The van der Waals surface area contributed by atoms with E-state index < -0.39 is 0 Å². The van der Waals surface area contributed by atoms with Gasteiger partial charge in [-0.3, -0.25) is 10.1 Å². The van der Waals surface area contributed by atoms with Crippen LogP contribution in [0.2, 0.25) is 0 Å². The molecule has 96 valence electrons. The van der Waals surface area contributed by atoms with Gasteiger partial charge >= 0.3 is 5.97 Å².